The van der Waals surface area contributed by atoms with E-state index in [4.69, 9.17) is 28.9 Å². The van der Waals surface area contributed by atoms with E-state index in [0.29, 0.717) is 45.2 Å². The SMILES string of the molecule is [2H]c1c([2H])c([2H])c(-c2cccc(-c3c([2H])c([2H])c([2H])c([2H])c3[2H])c2-[n+]2[c-]n(-c3[c-]c(Oc4[c-]c5c(cc4)c4c([2H])c([2H])c([2H])c([2H])c4n5-c4cc(CC(C)(C)c5ccccc5)ccn4)ccc3)c3ccccc32)c([2H])c1[2H].[Pt]. The molecule has 0 aliphatic rings. The smallest absolute Gasteiger partial charge is 0.268 e. The van der Waals surface area contributed by atoms with Crippen molar-refractivity contribution in [3.8, 4) is 50.9 Å². The molecule has 0 aliphatic heterocycles. The maximum absolute atomic E-state index is 9.13. The van der Waals surface area contributed by atoms with E-state index in [1.807, 2.05) is 30.3 Å². The maximum Gasteiger partial charge on any atom is 0.268 e. The van der Waals surface area contributed by atoms with Crippen LogP contribution >= 0.6 is 0 Å². The molecule has 0 spiro atoms. The third-order valence-electron chi connectivity index (χ3n) is 11.1. The molecule has 0 saturated heterocycles. The van der Waals surface area contributed by atoms with Gasteiger partial charge in [0.05, 0.1) is 35.9 Å². The van der Waals surface area contributed by atoms with Gasteiger partial charge in [0.1, 0.15) is 5.82 Å². The molecule has 3 aromatic heterocycles. The van der Waals surface area contributed by atoms with Crippen molar-refractivity contribution in [3.63, 3.8) is 0 Å². The molecule has 0 aliphatic carbocycles. The standard InChI is InChI=1S/C58H42N4O.Pt/c1-58(2,44-22-10-5-11-23-44)39-41-34-35-59-56(36-41)62-52-29-13-12-26-50(52)51-33-32-47(38-55(51)62)63-46-25-16-24-45(37-46)60-40-61(54-31-15-14-30-53(54)60)57-48(42-18-6-3-7-19-42)27-17-28-49(57)43-20-8-4-9-21-43;/h3-36H,39H2,1-2H3;/q-2;/i3D,4D,6D,7D,8D,9D,12D,13D,18D,19D,20D,21D,26D,29D;. The van der Waals surface area contributed by atoms with Crippen molar-refractivity contribution in [2.75, 3.05) is 0 Å². The van der Waals surface area contributed by atoms with Crippen LogP contribution < -0.4 is 9.30 Å². The fourth-order valence-electron chi connectivity index (χ4n) is 8.21. The third-order valence-corrected chi connectivity index (χ3v) is 11.1. The summed E-state index contributed by atoms with van der Waals surface area (Å²) in [6.45, 7) is 4.32. The number of hydrogen-bond donors (Lipinski definition) is 0. The van der Waals surface area contributed by atoms with Crippen LogP contribution in [0.1, 0.15) is 44.2 Å². The van der Waals surface area contributed by atoms with Crippen LogP contribution in [0.25, 0.3) is 72.3 Å². The molecule has 0 atom stereocenters. The van der Waals surface area contributed by atoms with Crippen LogP contribution in [-0.2, 0) is 32.9 Å². The van der Waals surface area contributed by atoms with E-state index >= 15 is 0 Å². The Bertz CT molecular complexity index is 4130. The normalized spacial score (nSPS) is 14.6. The minimum absolute atomic E-state index is 0. The Morgan fingerprint density at radius 2 is 1.31 bits per heavy atom. The van der Waals surface area contributed by atoms with E-state index in [2.05, 4.69) is 44.4 Å². The Kier molecular flexibility index (Phi) is 7.39. The van der Waals surface area contributed by atoms with Gasteiger partial charge in [0.25, 0.3) is 6.33 Å². The van der Waals surface area contributed by atoms with E-state index in [-0.39, 0.29) is 89.6 Å². The van der Waals surface area contributed by atoms with Gasteiger partial charge in [-0.25, -0.2) is 4.98 Å². The van der Waals surface area contributed by atoms with Gasteiger partial charge < -0.3 is 13.9 Å². The van der Waals surface area contributed by atoms with Crippen molar-refractivity contribution in [3.05, 3.63) is 236 Å². The van der Waals surface area contributed by atoms with Crippen molar-refractivity contribution in [1.82, 2.24) is 14.1 Å². The van der Waals surface area contributed by atoms with Gasteiger partial charge in [0, 0.05) is 44.3 Å². The van der Waals surface area contributed by atoms with Crippen molar-refractivity contribution < 1.29 is 49.6 Å². The van der Waals surface area contributed by atoms with Crippen LogP contribution in [0.4, 0.5) is 0 Å². The minimum Gasteiger partial charge on any atom is -0.510 e. The molecule has 312 valence electrons. The number of fused-ring (bicyclic) bond motifs is 4. The summed E-state index contributed by atoms with van der Waals surface area (Å²) in [6, 6.07) is 34.2. The molecule has 6 heteroatoms. The number of ether oxygens (including phenoxy) is 1. The first-order valence-electron chi connectivity index (χ1n) is 27.2. The fraction of sp³-hybridized carbons (Fsp3) is 0.0690. The van der Waals surface area contributed by atoms with Crippen LogP contribution in [0.2, 0.25) is 0 Å². The zero-order valence-corrected chi connectivity index (χ0v) is 36.5. The Balaban J connectivity index is 0.00000688. The van der Waals surface area contributed by atoms with Gasteiger partial charge in [-0.2, -0.15) is 18.2 Å². The second-order valence-electron chi connectivity index (χ2n) is 15.6. The van der Waals surface area contributed by atoms with Crippen LogP contribution in [-0.4, -0.2) is 14.1 Å². The van der Waals surface area contributed by atoms with Gasteiger partial charge in [-0.05, 0) is 74.5 Å². The Morgan fingerprint density at radius 1 is 0.641 bits per heavy atom. The number of benzene rings is 8. The summed E-state index contributed by atoms with van der Waals surface area (Å²) in [7, 11) is 0. The average molecular weight is 1020 g/mol. The topological polar surface area (TPSA) is 35.9 Å². The van der Waals surface area contributed by atoms with E-state index in [9.17, 15) is 0 Å². The summed E-state index contributed by atoms with van der Waals surface area (Å²) in [5, 5.41) is 0.795. The molecule has 0 radical (unpaired) electrons. The first kappa shape index (κ1) is 27.7. The van der Waals surface area contributed by atoms with Crippen molar-refractivity contribution in [2.24, 2.45) is 0 Å². The number of para-hydroxylation sites is 4. The molecular formula is C58H42N4OPt-2. The zero-order valence-electron chi connectivity index (χ0n) is 48.3. The second kappa shape index (κ2) is 17.1. The molecule has 11 rings (SSSR count). The molecular weight excluding hydrogens is 964 g/mol. The van der Waals surface area contributed by atoms with Gasteiger partial charge in [0.2, 0.25) is 0 Å². The van der Waals surface area contributed by atoms with Crippen LogP contribution in [0.15, 0.2) is 206 Å². The van der Waals surface area contributed by atoms with Crippen molar-refractivity contribution in [1.29, 1.82) is 0 Å². The average Bonchev–Trinajstić information content (AvgIpc) is 4.07. The Hall–Kier alpha value is -7.33. The predicted molar refractivity (Wildman–Crippen MR) is 254 cm³/mol. The van der Waals surface area contributed by atoms with Gasteiger partial charge in [-0.15, -0.1) is 29.7 Å². The number of hydrogen-bond acceptors (Lipinski definition) is 2. The Morgan fingerprint density at radius 3 is 2.08 bits per heavy atom. The van der Waals surface area contributed by atoms with E-state index in [0.717, 1.165) is 11.1 Å². The molecule has 0 fully saturated rings. The van der Waals surface area contributed by atoms with Gasteiger partial charge >= 0.3 is 0 Å². The summed E-state index contributed by atoms with van der Waals surface area (Å²) < 4.78 is 134. The summed E-state index contributed by atoms with van der Waals surface area (Å²) in [5.41, 5.74) is 3.86. The van der Waals surface area contributed by atoms with Gasteiger partial charge in [0.15, 0.2) is 0 Å². The Labute approximate surface area is 407 Å². The molecule has 0 bridgehead atoms. The fourth-order valence-corrected chi connectivity index (χ4v) is 8.21. The number of aromatic nitrogens is 4. The quantitative estimate of drug-likeness (QED) is 0.101. The van der Waals surface area contributed by atoms with Crippen molar-refractivity contribution >= 4 is 32.8 Å². The maximum atomic E-state index is 9.13. The number of nitrogens with zero attached hydrogens (tertiary/aromatic N) is 4. The molecule has 11 aromatic rings. The molecule has 0 amide bonds. The first-order chi connectivity index (χ1) is 36.8. The van der Waals surface area contributed by atoms with Gasteiger partial charge in [-0.1, -0.05) is 171 Å². The number of imidazole rings is 1. The predicted octanol–water partition coefficient (Wildman–Crippen LogP) is 13.4. The second-order valence-corrected chi connectivity index (χ2v) is 15.6. The largest absolute Gasteiger partial charge is 0.510 e. The molecule has 5 nitrogen and oxygen atoms in total. The van der Waals surface area contributed by atoms with E-state index in [1.165, 1.54) is 6.07 Å². The summed E-state index contributed by atoms with van der Waals surface area (Å²) >= 11 is 0. The molecule has 0 N–H and O–H groups in total. The van der Waals surface area contributed by atoms with Crippen molar-refractivity contribution in [2.45, 2.75) is 25.7 Å². The summed E-state index contributed by atoms with van der Waals surface area (Å²) in [6.07, 6.45) is 5.69. The van der Waals surface area contributed by atoms with Gasteiger partial charge in [-0.3, -0.25) is 4.57 Å². The van der Waals surface area contributed by atoms with E-state index < -0.39 is 66.5 Å². The van der Waals surface area contributed by atoms with Crippen LogP contribution in [0, 0.1) is 18.5 Å². The molecule has 0 saturated carbocycles. The van der Waals surface area contributed by atoms with Crippen LogP contribution in [0.3, 0.4) is 0 Å². The number of pyridine rings is 1. The molecule has 8 aromatic carbocycles. The summed E-state index contributed by atoms with van der Waals surface area (Å²) in [5.74, 6) is 0.869. The molecule has 3 heterocycles. The number of rotatable bonds is 10. The zero-order chi connectivity index (χ0) is 54.5. The first-order valence-corrected chi connectivity index (χ1v) is 20.2. The molecule has 64 heavy (non-hydrogen) atoms. The van der Waals surface area contributed by atoms with E-state index in [1.54, 1.807) is 86.6 Å². The van der Waals surface area contributed by atoms with Crippen LogP contribution in [0.5, 0.6) is 11.5 Å². The third kappa shape index (κ3) is 7.52. The summed E-state index contributed by atoms with van der Waals surface area (Å²) in [4.78, 5) is 4.75. The monoisotopic (exact) mass is 1020 g/mol. The molecule has 0 unspecified atom stereocenters. The minimum atomic E-state index is -0.601.